The van der Waals surface area contributed by atoms with Gasteiger partial charge in [-0.1, -0.05) is 12.1 Å². The third kappa shape index (κ3) is 4.77. The molecule has 124 valence electrons. The second-order valence-corrected chi connectivity index (χ2v) is 6.68. The first kappa shape index (κ1) is 17.4. The normalized spacial score (nSPS) is 19.3. The van der Waals surface area contributed by atoms with Crippen molar-refractivity contribution in [2.24, 2.45) is 0 Å². The molecule has 0 unspecified atom stereocenters. The van der Waals surface area contributed by atoms with Gasteiger partial charge in [0.1, 0.15) is 5.82 Å². The van der Waals surface area contributed by atoms with Gasteiger partial charge >= 0.3 is 0 Å². The van der Waals surface area contributed by atoms with Crippen LogP contribution >= 0.6 is 0 Å². The first-order valence-electron chi connectivity index (χ1n) is 8.25. The lowest BCUT2D eigenvalue weighted by molar-refractivity contribution is -0.00812. The summed E-state index contributed by atoms with van der Waals surface area (Å²) in [5.74, 6) is -0.146. The van der Waals surface area contributed by atoms with E-state index in [4.69, 9.17) is 4.74 Å². The van der Waals surface area contributed by atoms with E-state index in [1.807, 2.05) is 6.07 Å². The van der Waals surface area contributed by atoms with Crippen LogP contribution in [0, 0.1) is 5.82 Å². The molecule has 1 heterocycles. The van der Waals surface area contributed by atoms with Crippen LogP contribution < -0.4 is 5.32 Å². The molecule has 0 spiro atoms. The number of hydrogen-bond donors (Lipinski definition) is 1. The van der Waals surface area contributed by atoms with Gasteiger partial charge in [-0.15, -0.1) is 0 Å². The van der Waals surface area contributed by atoms with Crippen LogP contribution in [0.4, 0.5) is 4.39 Å². The number of likely N-dealkylation sites (N-methyl/N-ethyl adjacent to an activating group) is 1. The summed E-state index contributed by atoms with van der Waals surface area (Å²) in [6.45, 7) is 4.88. The lowest BCUT2D eigenvalue weighted by Crippen LogP contribution is -2.56. The molecule has 2 rings (SSSR count). The molecule has 0 radical (unpaired) electrons. The third-order valence-electron chi connectivity index (χ3n) is 4.91. The Labute approximate surface area is 133 Å². The van der Waals surface area contributed by atoms with Crippen LogP contribution in [-0.4, -0.2) is 50.3 Å². The molecule has 4 heteroatoms. The molecule has 0 aromatic heterocycles. The Balaban J connectivity index is 1.80. The van der Waals surface area contributed by atoms with Crippen LogP contribution in [-0.2, 0) is 11.2 Å². The zero-order chi connectivity index (χ0) is 16.0. The molecule has 0 aliphatic carbocycles. The van der Waals surface area contributed by atoms with E-state index in [1.165, 1.54) is 6.07 Å². The van der Waals surface area contributed by atoms with Crippen LogP contribution in [0.3, 0.4) is 0 Å². The predicted octanol–water partition coefficient (Wildman–Crippen LogP) is 2.85. The number of rotatable bonds is 7. The number of aryl methyl sites for hydroxylation is 1. The highest BCUT2D eigenvalue weighted by Gasteiger charge is 2.34. The van der Waals surface area contributed by atoms with Gasteiger partial charge in [0.25, 0.3) is 0 Å². The van der Waals surface area contributed by atoms with Gasteiger partial charge in [0.15, 0.2) is 0 Å². The van der Waals surface area contributed by atoms with Crippen molar-refractivity contribution in [2.75, 3.05) is 33.9 Å². The molecule has 1 aromatic carbocycles. The maximum Gasteiger partial charge on any atom is 0.123 e. The quantitative estimate of drug-likeness (QED) is 0.838. The Morgan fingerprint density at radius 3 is 2.68 bits per heavy atom. The summed E-state index contributed by atoms with van der Waals surface area (Å²) in [5.41, 5.74) is 1.27. The lowest BCUT2D eigenvalue weighted by atomic mass is 9.88. The predicted molar refractivity (Wildman–Crippen MR) is 88.7 cm³/mol. The number of nitrogens with zero attached hydrogens (tertiary/aromatic N) is 1. The largest absolute Gasteiger partial charge is 0.381 e. The highest BCUT2D eigenvalue weighted by Crippen LogP contribution is 2.25. The standard InChI is InChI=1S/C18H29FN2O/c1-15(7-8-16-5-4-6-17(19)13-16)20-14-18(21(2)3)9-11-22-12-10-18/h4-6,13,15,20H,7-12,14H2,1-3H3/t15-/m0/s1. The summed E-state index contributed by atoms with van der Waals surface area (Å²) >= 11 is 0. The summed E-state index contributed by atoms with van der Waals surface area (Å²) in [6, 6.07) is 7.33. The summed E-state index contributed by atoms with van der Waals surface area (Å²) in [6.07, 6.45) is 4.07. The Hall–Kier alpha value is -0.970. The van der Waals surface area contributed by atoms with Crippen LogP contribution in [0.5, 0.6) is 0 Å². The molecule has 22 heavy (non-hydrogen) atoms. The lowest BCUT2D eigenvalue weighted by Gasteiger charge is -2.43. The average molecular weight is 308 g/mol. The zero-order valence-electron chi connectivity index (χ0n) is 14.1. The Morgan fingerprint density at radius 1 is 1.32 bits per heavy atom. The van der Waals surface area contributed by atoms with E-state index in [1.54, 1.807) is 12.1 Å². The SMILES string of the molecule is C[C@@H](CCc1cccc(F)c1)NCC1(N(C)C)CCOCC1. The van der Waals surface area contributed by atoms with Gasteiger partial charge in [0.2, 0.25) is 0 Å². The van der Waals surface area contributed by atoms with Crippen molar-refractivity contribution in [3.8, 4) is 0 Å². The highest BCUT2D eigenvalue weighted by molar-refractivity contribution is 5.16. The number of nitrogens with one attached hydrogen (secondary N) is 1. The van der Waals surface area contributed by atoms with E-state index in [2.05, 4.69) is 31.2 Å². The van der Waals surface area contributed by atoms with Gasteiger partial charge in [-0.25, -0.2) is 4.39 Å². The summed E-state index contributed by atoms with van der Waals surface area (Å²) in [4.78, 5) is 2.34. The fraction of sp³-hybridized carbons (Fsp3) is 0.667. The second-order valence-electron chi connectivity index (χ2n) is 6.68. The molecule has 1 N–H and O–H groups in total. The molecule has 0 amide bonds. The van der Waals surface area contributed by atoms with E-state index in [9.17, 15) is 4.39 Å². The number of halogens is 1. The van der Waals surface area contributed by atoms with Crippen LogP contribution in [0.2, 0.25) is 0 Å². The van der Waals surface area contributed by atoms with Gasteiger partial charge in [-0.2, -0.15) is 0 Å². The maximum absolute atomic E-state index is 13.2. The van der Waals surface area contributed by atoms with Crippen molar-refractivity contribution in [1.29, 1.82) is 0 Å². The molecule has 1 fully saturated rings. The molecule has 3 nitrogen and oxygen atoms in total. The van der Waals surface area contributed by atoms with Crippen LogP contribution in [0.25, 0.3) is 0 Å². The minimum absolute atomic E-state index is 0.146. The molecule has 1 aliphatic heterocycles. The molecule has 0 saturated carbocycles. The van der Waals surface area contributed by atoms with E-state index >= 15 is 0 Å². The Bertz CT molecular complexity index is 458. The van der Waals surface area contributed by atoms with Gasteiger partial charge in [-0.05, 0) is 64.4 Å². The molecular weight excluding hydrogens is 279 g/mol. The Kier molecular flexibility index (Phi) is 6.36. The van der Waals surface area contributed by atoms with Gasteiger partial charge in [-0.3, -0.25) is 0 Å². The van der Waals surface area contributed by atoms with E-state index < -0.39 is 0 Å². The number of benzene rings is 1. The molecular formula is C18H29FN2O. The molecule has 0 bridgehead atoms. The van der Waals surface area contributed by atoms with Crippen LogP contribution in [0.1, 0.15) is 31.7 Å². The fourth-order valence-electron chi connectivity index (χ4n) is 3.08. The third-order valence-corrected chi connectivity index (χ3v) is 4.91. The first-order chi connectivity index (χ1) is 10.5. The van der Waals surface area contributed by atoms with Gasteiger partial charge in [0.05, 0.1) is 0 Å². The smallest absolute Gasteiger partial charge is 0.123 e. The zero-order valence-corrected chi connectivity index (χ0v) is 14.1. The van der Waals surface area contributed by atoms with Crippen molar-refractivity contribution in [1.82, 2.24) is 10.2 Å². The molecule has 1 aliphatic rings. The summed E-state index contributed by atoms with van der Waals surface area (Å²) < 4.78 is 18.7. The summed E-state index contributed by atoms with van der Waals surface area (Å²) in [7, 11) is 4.31. The van der Waals surface area contributed by atoms with Crippen molar-refractivity contribution < 1.29 is 9.13 Å². The minimum atomic E-state index is -0.146. The minimum Gasteiger partial charge on any atom is -0.381 e. The van der Waals surface area contributed by atoms with Crippen molar-refractivity contribution in [3.05, 3.63) is 35.6 Å². The molecule has 1 atom stereocenters. The van der Waals surface area contributed by atoms with E-state index in [0.29, 0.717) is 6.04 Å². The van der Waals surface area contributed by atoms with Crippen molar-refractivity contribution in [2.45, 2.75) is 44.2 Å². The van der Waals surface area contributed by atoms with Crippen molar-refractivity contribution in [3.63, 3.8) is 0 Å². The van der Waals surface area contributed by atoms with Crippen LogP contribution in [0.15, 0.2) is 24.3 Å². The molecule has 1 saturated heterocycles. The van der Waals surface area contributed by atoms with Gasteiger partial charge < -0.3 is 15.0 Å². The number of hydrogen-bond acceptors (Lipinski definition) is 3. The van der Waals surface area contributed by atoms with Crippen molar-refractivity contribution >= 4 is 0 Å². The van der Waals surface area contributed by atoms with E-state index in [-0.39, 0.29) is 11.4 Å². The van der Waals surface area contributed by atoms with E-state index in [0.717, 1.165) is 51.0 Å². The first-order valence-corrected chi connectivity index (χ1v) is 8.25. The fourth-order valence-corrected chi connectivity index (χ4v) is 3.08. The number of ether oxygens (including phenoxy) is 1. The summed E-state index contributed by atoms with van der Waals surface area (Å²) in [5, 5.41) is 3.67. The Morgan fingerprint density at radius 2 is 2.05 bits per heavy atom. The molecule has 1 aromatic rings. The maximum atomic E-state index is 13.2. The van der Waals surface area contributed by atoms with Gasteiger partial charge in [0, 0.05) is 31.3 Å². The second kappa shape index (κ2) is 8.04. The average Bonchev–Trinajstić information content (AvgIpc) is 2.52. The highest BCUT2D eigenvalue weighted by atomic mass is 19.1. The monoisotopic (exact) mass is 308 g/mol. The topological polar surface area (TPSA) is 24.5 Å².